The molecule has 8 heavy (non-hydrogen) atoms. The Hall–Kier alpha value is -0.330. The van der Waals surface area contributed by atoms with Crippen LogP contribution in [-0.2, 0) is 4.79 Å². The van der Waals surface area contributed by atoms with E-state index in [1.165, 1.54) is 6.42 Å². The number of ketones is 1. The molecule has 0 heterocycles. The van der Waals surface area contributed by atoms with Gasteiger partial charge in [0.1, 0.15) is 5.78 Å². The molecule has 0 aromatic carbocycles. The van der Waals surface area contributed by atoms with Crippen molar-refractivity contribution in [2.45, 2.75) is 32.6 Å². The lowest BCUT2D eigenvalue weighted by Gasteiger charge is -2.14. The summed E-state index contributed by atoms with van der Waals surface area (Å²) in [6, 6.07) is 0. The highest BCUT2D eigenvalue weighted by Gasteiger charge is 2.14. The standard InChI is InChI=1S/C7H12O/c1-6-3-2-4-7(8)5-6/h6H,2-5H2,1H3/t6-/m0/s1. The van der Waals surface area contributed by atoms with Crippen LogP contribution in [0.1, 0.15) is 32.6 Å². The van der Waals surface area contributed by atoms with Gasteiger partial charge in [-0.15, -0.1) is 0 Å². The van der Waals surface area contributed by atoms with Gasteiger partial charge in [-0.3, -0.25) is 4.79 Å². The fourth-order valence-electron chi connectivity index (χ4n) is 1.24. The van der Waals surface area contributed by atoms with Crippen LogP contribution in [0, 0.1) is 5.92 Å². The molecule has 0 aromatic rings. The molecule has 0 radical (unpaired) electrons. The molecule has 0 N–H and O–H groups in total. The number of carbonyl (C=O) groups excluding carboxylic acids is 1. The second-order valence-corrected chi connectivity index (χ2v) is 2.74. The van der Waals surface area contributed by atoms with E-state index in [4.69, 9.17) is 0 Å². The summed E-state index contributed by atoms with van der Waals surface area (Å²) in [5.74, 6) is 1.12. The quantitative estimate of drug-likeness (QED) is 0.466. The maximum atomic E-state index is 10.7. The number of Topliss-reactive ketones (excluding diaryl/α,β-unsaturated/α-hetero) is 1. The van der Waals surface area contributed by atoms with E-state index >= 15 is 0 Å². The predicted octanol–water partition coefficient (Wildman–Crippen LogP) is 1.77. The molecule has 0 bridgehead atoms. The zero-order valence-corrected chi connectivity index (χ0v) is 5.31. The van der Waals surface area contributed by atoms with Gasteiger partial charge in [-0.1, -0.05) is 6.92 Å². The van der Waals surface area contributed by atoms with Gasteiger partial charge in [-0.2, -0.15) is 0 Å². The highest BCUT2D eigenvalue weighted by atomic mass is 16.1. The average molecular weight is 112 g/mol. The zero-order chi connectivity index (χ0) is 5.98. The van der Waals surface area contributed by atoms with E-state index in [1.54, 1.807) is 0 Å². The lowest BCUT2D eigenvalue weighted by molar-refractivity contribution is -0.121. The second kappa shape index (κ2) is 2.29. The van der Waals surface area contributed by atoms with Crippen molar-refractivity contribution in [3.8, 4) is 0 Å². The first-order valence-electron chi connectivity index (χ1n) is 3.31. The smallest absolute Gasteiger partial charge is 0.133 e. The minimum atomic E-state index is 0.462. The molecule has 0 spiro atoms. The number of hydrogen-bond acceptors (Lipinski definition) is 1. The second-order valence-electron chi connectivity index (χ2n) is 2.74. The summed E-state index contributed by atoms with van der Waals surface area (Å²) in [5, 5.41) is 0. The third kappa shape index (κ3) is 1.32. The molecule has 1 saturated carbocycles. The Kier molecular flexibility index (Phi) is 1.66. The summed E-state index contributed by atoms with van der Waals surface area (Å²) in [7, 11) is 0. The Morgan fingerprint density at radius 1 is 1.62 bits per heavy atom. The molecule has 1 rings (SSSR count). The lowest BCUT2D eigenvalue weighted by atomic mass is 9.90. The topological polar surface area (TPSA) is 17.1 Å². The largest absolute Gasteiger partial charge is 0.300 e. The van der Waals surface area contributed by atoms with Crippen LogP contribution in [0.15, 0.2) is 0 Å². The fourth-order valence-corrected chi connectivity index (χ4v) is 1.24. The molecule has 1 aliphatic rings. The molecule has 0 aliphatic heterocycles. The van der Waals surface area contributed by atoms with Crippen molar-refractivity contribution < 1.29 is 4.79 Å². The highest BCUT2D eigenvalue weighted by molar-refractivity contribution is 5.79. The normalized spacial score (nSPS) is 30.6. The summed E-state index contributed by atoms with van der Waals surface area (Å²) in [4.78, 5) is 10.7. The van der Waals surface area contributed by atoms with E-state index in [9.17, 15) is 4.79 Å². The Morgan fingerprint density at radius 3 is 2.75 bits per heavy atom. The molecule has 1 heteroatoms. The third-order valence-corrected chi connectivity index (χ3v) is 1.73. The van der Waals surface area contributed by atoms with E-state index in [0.29, 0.717) is 11.7 Å². The Labute approximate surface area is 50.1 Å². The maximum Gasteiger partial charge on any atom is 0.133 e. The van der Waals surface area contributed by atoms with Crippen molar-refractivity contribution in [3.63, 3.8) is 0 Å². The van der Waals surface area contributed by atoms with Crippen LogP contribution in [0.4, 0.5) is 0 Å². The highest BCUT2D eigenvalue weighted by Crippen LogP contribution is 2.19. The summed E-state index contributed by atoms with van der Waals surface area (Å²) in [5.41, 5.74) is 0. The van der Waals surface area contributed by atoms with E-state index in [0.717, 1.165) is 19.3 Å². The molecule has 1 nitrogen and oxygen atoms in total. The summed E-state index contributed by atoms with van der Waals surface area (Å²) in [6.45, 7) is 2.15. The molecular weight excluding hydrogens is 100 g/mol. The van der Waals surface area contributed by atoms with Crippen LogP contribution < -0.4 is 0 Å². The van der Waals surface area contributed by atoms with Gasteiger partial charge < -0.3 is 0 Å². The van der Waals surface area contributed by atoms with Gasteiger partial charge in [0.2, 0.25) is 0 Å². The molecule has 1 aliphatic carbocycles. The molecule has 1 fully saturated rings. The van der Waals surface area contributed by atoms with Crippen molar-refractivity contribution in [1.29, 1.82) is 0 Å². The molecule has 1 atom stereocenters. The number of carbonyl (C=O) groups is 1. The van der Waals surface area contributed by atoms with Crippen molar-refractivity contribution in [2.24, 2.45) is 5.92 Å². The molecule has 0 unspecified atom stereocenters. The Balaban J connectivity index is 2.34. The molecule has 0 aromatic heterocycles. The van der Waals surface area contributed by atoms with Gasteiger partial charge in [0.15, 0.2) is 0 Å². The van der Waals surface area contributed by atoms with Crippen LogP contribution in [0.25, 0.3) is 0 Å². The van der Waals surface area contributed by atoms with Crippen molar-refractivity contribution in [1.82, 2.24) is 0 Å². The summed E-state index contributed by atoms with van der Waals surface area (Å²) in [6.07, 6.45) is 4.05. The molecule has 0 amide bonds. The Bertz CT molecular complexity index is 96.6. The van der Waals surface area contributed by atoms with E-state index < -0.39 is 0 Å². The maximum absolute atomic E-state index is 10.7. The Morgan fingerprint density at radius 2 is 2.38 bits per heavy atom. The number of rotatable bonds is 0. The predicted molar refractivity (Wildman–Crippen MR) is 32.6 cm³/mol. The van der Waals surface area contributed by atoms with E-state index in [-0.39, 0.29) is 0 Å². The fraction of sp³-hybridized carbons (Fsp3) is 0.857. The van der Waals surface area contributed by atoms with Crippen molar-refractivity contribution in [2.75, 3.05) is 0 Å². The van der Waals surface area contributed by atoms with Gasteiger partial charge >= 0.3 is 0 Å². The number of hydrogen-bond donors (Lipinski definition) is 0. The zero-order valence-electron chi connectivity index (χ0n) is 5.31. The van der Waals surface area contributed by atoms with Crippen LogP contribution in [0.2, 0.25) is 0 Å². The van der Waals surface area contributed by atoms with Gasteiger partial charge in [0.05, 0.1) is 0 Å². The van der Waals surface area contributed by atoms with Gasteiger partial charge in [0.25, 0.3) is 0 Å². The SMILES string of the molecule is C[C@H]1CCCC(=O)C1. The van der Waals surface area contributed by atoms with Crippen LogP contribution in [0.3, 0.4) is 0 Å². The van der Waals surface area contributed by atoms with Crippen LogP contribution in [-0.4, -0.2) is 5.78 Å². The minimum Gasteiger partial charge on any atom is -0.300 e. The third-order valence-electron chi connectivity index (χ3n) is 1.73. The van der Waals surface area contributed by atoms with Gasteiger partial charge in [-0.25, -0.2) is 0 Å². The summed E-state index contributed by atoms with van der Waals surface area (Å²) < 4.78 is 0. The van der Waals surface area contributed by atoms with Crippen molar-refractivity contribution in [3.05, 3.63) is 0 Å². The molecule has 0 saturated heterocycles. The first-order chi connectivity index (χ1) is 3.79. The van der Waals surface area contributed by atoms with Crippen LogP contribution >= 0.6 is 0 Å². The lowest BCUT2D eigenvalue weighted by Crippen LogP contribution is -2.11. The van der Waals surface area contributed by atoms with Gasteiger partial charge in [0, 0.05) is 12.8 Å². The first kappa shape index (κ1) is 5.80. The van der Waals surface area contributed by atoms with Gasteiger partial charge in [-0.05, 0) is 18.8 Å². The monoisotopic (exact) mass is 112 g/mol. The average Bonchev–Trinajstić information content (AvgIpc) is 1.64. The van der Waals surface area contributed by atoms with E-state index in [2.05, 4.69) is 6.92 Å². The molecular formula is C7H12O. The summed E-state index contributed by atoms with van der Waals surface area (Å²) >= 11 is 0. The van der Waals surface area contributed by atoms with Crippen LogP contribution in [0.5, 0.6) is 0 Å². The minimum absolute atomic E-state index is 0.462. The molecule has 46 valence electrons. The van der Waals surface area contributed by atoms with Crippen molar-refractivity contribution >= 4 is 5.78 Å². The van der Waals surface area contributed by atoms with E-state index in [1.807, 2.05) is 0 Å². The first-order valence-corrected chi connectivity index (χ1v) is 3.31.